The fourth-order valence-electron chi connectivity index (χ4n) is 2.05. The quantitative estimate of drug-likeness (QED) is 0.359. The summed E-state index contributed by atoms with van der Waals surface area (Å²) in [6.07, 6.45) is 0. The number of carbonyl (C=O) groups excluding carboxylic acids is 1. The first-order chi connectivity index (χ1) is 12.1. The molecule has 0 amide bonds. The van der Waals surface area contributed by atoms with Crippen LogP contribution in [0.3, 0.4) is 0 Å². The highest BCUT2D eigenvalue weighted by Gasteiger charge is 2.18. The van der Waals surface area contributed by atoms with Crippen molar-refractivity contribution in [2.75, 3.05) is 0 Å². The predicted molar refractivity (Wildman–Crippen MR) is 96.6 cm³/mol. The molecule has 0 aliphatic heterocycles. The Labute approximate surface area is 152 Å². The highest BCUT2D eigenvalue weighted by Crippen LogP contribution is 2.24. The highest BCUT2D eigenvalue weighted by atomic mass is 35.5. The first-order valence-corrected chi connectivity index (χ1v) is 8.53. The van der Waals surface area contributed by atoms with Gasteiger partial charge < -0.3 is 4.84 Å². The van der Waals surface area contributed by atoms with Gasteiger partial charge in [-0.15, -0.1) is 11.3 Å². The third kappa shape index (κ3) is 3.92. The Hall–Kier alpha value is -2.57. The van der Waals surface area contributed by atoms with E-state index in [0.717, 1.165) is 16.6 Å². The van der Waals surface area contributed by atoms with Crippen molar-refractivity contribution in [3.63, 3.8) is 0 Å². The molecule has 0 spiro atoms. The van der Waals surface area contributed by atoms with Crippen LogP contribution in [0.25, 0.3) is 10.6 Å². The van der Waals surface area contributed by atoms with Crippen LogP contribution >= 0.6 is 22.9 Å². The lowest BCUT2D eigenvalue weighted by Gasteiger charge is -2.03. The van der Waals surface area contributed by atoms with Gasteiger partial charge in [-0.25, -0.2) is 14.2 Å². The minimum Gasteiger partial charge on any atom is -0.312 e. The van der Waals surface area contributed by atoms with Crippen LogP contribution in [0, 0.1) is 5.82 Å². The largest absolute Gasteiger partial charge is 0.370 e. The maximum atomic E-state index is 13.7. The van der Waals surface area contributed by atoms with Crippen LogP contribution in [0.4, 0.5) is 4.39 Å². The molecule has 0 saturated heterocycles. The average Bonchev–Trinajstić information content (AvgIpc) is 3.10. The van der Waals surface area contributed by atoms with E-state index < -0.39 is 11.8 Å². The van der Waals surface area contributed by atoms with E-state index in [1.807, 2.05) is 35.7 Å². The van der Waals surface area contributed by atoms with Crippen molar-refractivity contribution in [1.82, 2.24) is 4.98 Å². The summed E-state index contributed by atoms with van der Waals surface area (Å²) in [7, 11) is 0. The minimum absolute atomic E-state index is 0.0297. The number of nitrogens with zero attached hydrogens (tertiary/aromatic N) is 2. The molecule has 0 unspecified atom stereocenters. The number of rotatable bonds is 4. The van der Waals surface area contributed by atoms with E-state index in [1.54, 1.807) is 6.92 Å². The average molecular weight is 375 g/mol. The molecule has 0 aliphatic rings. The number of hydrogen-bond acceptors (Lipinski definition) is 5. The molecule has 0 bridgehead atoms. The second kappa shape index (κ2) is 7.55. The monoisotopic (exact) mass is 374 g/mol. The molecular weight excluding hydrogens is 363 g/mol. The number of aromatic nitrogens is 1. The van der Waals surface area contributed by atoms with Gasteiger partial charge in [0.05, 0.1) is 10.7 Å². The second-order valence-corrected chi connectivity index (χ2v) is 6.32. The molecular formula is C18H12ClFN2O2S. The zero-order valence-corrected chi connectivity index (χ0v) is 14.6. The van der Waals surface area contributed by atoms with Crippen LogP contribution < -0.4 is 0 Å². The van der Waals surface area contributed by atoms with Gasteiger partial charge in [-0.3, -0.25) is 0 Å². The Morgan fingerprint density at radius 2 is 1.96 bits per heavy atom. The predicted octanol–water partition coefficient (Wildman–Crippen LogP) is 5.18. The van der Waals surface area contributed by atoms with E-state index in [1.165, 1.54) is 23.5 Å². The third-order valence-corrected chi connectivity index (χ3v) is 4.53. The Kier molecular flexibility index (Phi) is 5.21. The number of thiazole rings is 1. The molecule has 1 heterocycles. The zero-order chi connectivity index (χ0) is 17.8. The summed E-state index contributed by atoms with van der Waals surface area (Å²) in [5.74, 6) is -1.72. The molecule has 0 aliphatic carbocycles. The second-order valence-electron chi connectivity index (χ2n) is 5.06. The van der Waals surface area contributed by atoms with Gasteiger partial charge in [0, 0.05) is 10.9 Å². The van der Waals surface area contributed by atoms with Crippen molar-refractivity contribution in [1.29, 1.82) is 0 Å². The van der Waals surface area contributed by atoms with E-state index in [0.29, 0.717) is 11.4 Å². The van der Waals surface area contributed by atoms with Gasteiger partial charge in [0.1, 0.15) is 22.1 Å². The summed E-state index contributed by atoms with van der Waals surface area (Å²) < 4.78 is 13.7. The smallest absolute Gasteiger partial charge is 0.312 e. The summed E-state index contributed by atoms with van der Waals surface area (Å²) >= 11 is 7.28. The van der Waals surface area contributed by atoms with Crippen molar-refractivity contribution in [3.05, 3.63) is 76.0 Å². The molecule has 3 rings (SSSR count). The Morgan fingerprint density at radius 3 is 2.68 bits per heavy atom. The number of halogens is 2. The molecule has 3 aromatic rings. The normalized spacial score (nSPS) is 11.4. The van der Waals surface area contributed by atoms with Gasteiger partial charge in [-0.2, -0.15) is 0 Å². The lowest BCUT2D eigenvalue weighted by molar-refractivity contribution is 0.0511. The van der Waals surface area contributed by atoms with E-state index >= 15 is 0 Å². The summed E-state index contributed by atoms with van der Waals surface area (Å²) in [5.41, 5.74) is 1.63. The Morgan fingerprint density at radius 1 is 1.20 bits per heavy atom. The minimum atomic E-state index is -0.957. The van der Waals surface area contributed by atoms with Gasteiger partial charge in [-0.1, -0.05) is 53.2 Å². The number of oxime groups is 1. The molecule has 0 fully saturated rings. The van der Waals surface area contributed by atoms with Gasteiger partial charge in [0.25, 0.3) is 0 Å². The van der Waals surface area contributed by atoms with Gasteiger partial charge in [0.2, 0.25) is 0 Å². The SMILES string of the molecule is C/C(=N/OC(=O)c1c(F)cccc1Cl)c1csc(-c2ccccc2)n1. The van der Waals surface area contributed by atoms with Crippen LogP contribution in [0.1, 0.15) is 23.0 Å². The lowest BCUT2D eigenvalue weighted by Crippen LogP contribution is -2.07. The standard InChI is InChI=1S/C18H12ClFN2O2S/c1-11(15-10-25-17(21-15)12-6-3-2-4-7-12)22-24-18(23)16-13(19)8-5-9-14(16)20/h2-10H,1H3/b22-11-. The van der Waals surface area contributed by atoms with Crippen molar-refractivity contribution in [3.8, 4) is 10.6 Å². The van der Waals surface area contributed by atoms with Crippen LogP contribution in [-0.4, -0.2) is 16.7 Å². The van der Waals surface area contributed by atoms with Crippen molar-refractivity contribution in [2.45, 2.75) is 6.92 Å². The fourth-order valence-corrected chi connectivity index (χ4v) is 3.16. The molecule has 1 aromatic heterocycles. The topological polar surface area (TPSA) is 51.5 Å². The van der Waals surface area contributed by atoms with Gasteiger partial charge in [0.15, 0.2) is 0 Å². The van der Waals surface area contributed by atoms with Crippen molar-refractivity contribution >= 4 is 34.6 Å². The van der Waals surface area contributed by atoms with Crippen molar-refractivity contribution in [2.24, 2.45) is 5.16 Å². The molecule has 4 nitrogen and oxygen atoms in total. The first-order valence-electron chi connectivity index (χ1n) is 7.27. The van der Waals surface area contributed by atoms with E-state index in [4.69, 9.17) is 16.4 Å². The van der Waals surface area contributed by atoms with Crippen LogP contribution in [0.5, 0.6) is 0 Å². The van der Waals surface area contributed by atoms with Gasteiger partial charge in [-0.05, 0) is 19.1 Å². The molecule has 0 N–H and O–H groups in total. The van der Waals surface area contributed by atoms with Crippen LogP contribution in [0.2, 0.25) is 5.02 Å². The molecule has 0 radical (unpaired) electrons. The van der Waals surface area contributed by atoms with E-state index in [-0.39, 0.29) is 10.6 Å². The zero-order valence-electron chi connectivity index (χ0n) is 13.1. The number of carbonyl (C=O) groups is 1. The lowest BCUT2D eigenvalue weighted by atomic mass is 10.2. The molecule has 2 aromatic carbocycles. The first kappa shape index (κ1) is 17.3. The van der Waals surface area contributed by atoms with Crippen LogP contribution in [-0.2, 0) is 4.84 Å². The molecule has 25 heavy (non-hydrogen) atoms. The van der Waals surface area contributed by atoms with Gasteiger partial charge >= 0.3 is 5.97 Å². The Balaban J connectivity index is 1.76. The molecule has 126 valence electrons. The maximum Gasteiger partial charge on any atom is 0.370 e. The van der Waals surface area contributed by atoms with Crippen LogP contribution in [0.15, 0.2) is 59.1 Å². The van der Waals surface area contributed by atoms with E-state index in [2.05, 4.69) is 10.1 Å². The summed E-state index contributed by atoms with van der Waals surface area (Å²) in [5, 5.41) is 6.35. The maximum absolute atomic E-state index is 13.7. The fraction of sp³-hybridized carbons (Fsp3) is 0.0556. The summed E-state index contributed by atoms with van der Waals surface area (Å²) in [4.78, 5) is 21.2. The Bertz CT molecular complexity index is 921. The van der Waals surface area contributed by atoms with Crippen molar-refractivity contribution < 1.29 is 14.0 Å². The number of benzene rings is 2. The molecule has 0 saturated carbocycles. The number of hydrogen-bond donors (Lipinski definition) is 0. The van der Waals surface area contributed by atoms with E-state index in [9.17, 15) is 9.18 Å². The highest BCUT2D eigenvalue weighted by molar-refractivity contribution is 7.13. The molecule has 0 atom stereocenters. The summed E-state index contributed by atoms with van der Waals surface area (Å²) in [6, 6.07) is 13.6. The third-order valence-electron chi connectivity index (χ3n) is 3.33. The summed E-state index contributed by atoms with van der Waals surface area (Å²) in [6.45, 7) is 1.65. The molecule has 7 heteroatoms.